The van der Waals surface area contributed by atoms with Gasteiger partial charge in [0.2, 0.25) is 0 Å². The highest BCUT2D eigenvalue weighted by Crippen LogP contribution is 2.30. The van der Waals surface area contributed by atoms with Crippen molar-refractivity contribution in [1.82, 2.24) is 9.88 Å². The molecule has 2 rings (SSSR count). The Bertz CT molecular complexity index is 787. The topological polar surface area (TPSA) is 88.7 Å². The van der Waals surface area contributed by atoms with Crippen LogP contribution in [0, 0.1) is 0 Å². The van der Waals surface area contributed by atoms with E-state index in [1.54, 1.807) is 26.2 Å². The highest BCUT2D eigenvalue weighted by atomic mass is 35.5. The molecule has 0 saturated carbocycles. The van der Waals surface area contributed by atoms with E-state index in [2.05, 4.69) is 9.38 Å². The van der Waals surface area contributed by atoms with E-state index in [-0.39, 0.29) is 15.7 Å². The lowest BCUT2D eigenvalue weighted by molar-refractivity contribution is 0.595. The monoisotopic (exact) mass is 312 g/mol. The van der Waals surface area contributed by atoms with Crippen molar-refractivity contribution < 1.29 is 8.42 Å². The maximum Gasteiger partial charge on any atom is 0.284 e. The number of hydrogen-bond donors (Lipinski definition) is 1. The summed E-state index contributed by atoms with van der Waals surface area (Å²) in [6, 6.07) is 4.51. The van der Waals surface area contributed by atoms with Crippen LogP contribution >= 0.6 is 11.6 Å². The number of rotatable bonds is 3. The van der Waals surface area contributed by atoms with Gasteiger partial charge in [-0.25, -0.2) is 4.98 Å². The van der Waals surface area contributed by atoms with Crippen molar-refractivity contribution in [2.75, 3.05) is 19.8 Å². The molecule has 20 heavy (non-hydrogen) atoms. The van der Waals surface area contributed by atoms with E-state index in [0.717, 1.165) is 0 Å². The second-order valence-corrected chi connectivity index (χ2v) is 6.33. The van der Waals surface area contributed by atoms with Crippen molar-refractivity contribution in [1.29, 1.82) is 0 Å². The van der Waals surface area contributed by atoms with Crippen LogP contribution in [0.1, 0.15) is 0 Å². The lowest BCUT2D eigenvalue weighted by Crippen LogP contribution is -2.10. The van der Waals surface area contributed by atoms with Crippen molar-refractivity contribution in [3.05, 3.63) is 29.5 Å². The molecule has 1 aromatic heterocycles. The second kappa shape index (κ2) is 5.26. The Labute approximate surface area is 121 Å². The molecule has 0 aliphatic heterocycles. The first kappa shape index (κ1) is 14.5. The number of halogens is 1. The van der Waals surface area contributed by atoms with E-state index in [9.17, 15) is 8.42 Å². The third-order valence-corrected chi connectivity index (χ3v) is 4.08. The van der Waals surface area contributed by atoms with Crippen LogP contribution in [0.25, 0.3) is 10.8 Å². The summed E-state index contributed by atoms with van der Waals surface area (Å²) >= 11 is 5.97. The number of pyridine rings is 1. The van der Waals surface area contributed by atoms with Gasteiger partial charge in [0.1, 0.15) is 11.5 Å². The number of aromatic nitrogens is 1. The van der Waals surface area contributed by atoms with Crippen molar-refractivity contribution >= 4 is 44.4 Å². The van der Waals surface area contributed by atoms with Crippen LogP contribution < -0.4 is 5.73 Å². The van der Waals surface area contributed by atoms with Crippen LogP contribution in [-0.2, 0) is 10.0 Å². The molecule has 0 radical (unpaired) electrons. The molecule has 1 heterocycles. The van der Waals surface area contributed by atoms with E-state index < -0.39 is 10.0 Å². The van der Waals surface area contributed by atoms with E-state index in [4.69, 9.17) is 17.3 Å². The molecular formula is C12H13ClN4O2S. The molecule has 6 nitrogen and oxygen atoms in total. The molecule has 0 aliphatic rings. The molecule has 106 valence electrons. The maximum absolute atomic E-state index is 12.3. The van der Waals surface area contributed by atoms with Crippen molar-refractivity contribution in [2.24, 2.45) is 4.40 Å². The molecule has 0 atom stereocenters. The first-order chi connectivity index (χ1) is 9.31. The molecule has 0 fully saturated rings. The number of nitrogens with two attached hydrogens (primary N) is 1. The van der Waals surface area contributed by atoms with Gasteiger partial charge in [0.05, 0.1) is 4.90 Å². The third kappa shape index (κ3) is 2.83. The highest BCUT2D eigenvalue weighted by Gasteiger charge is 2.18. The quantitative estimate of drug-likeness (QED) is 0.404. The highest BCUT2D eigenvalue weighted by molar-refractivity contribution is 7.90. The van der Waals surface area contributed by atoms with Gasteiger partial charge < -0.3 is 10.6 Å². The van der Waals surface area contributed by atoms with Gasteiger partial charge in [-0.05, 0) is 18.2 Å². The minimum atomic E-state index is -3.86. The summed E-state index contributed by atoms with van der Waals surface area (Å²) in [4.78, 5) is 5.45. The molecule has 0 bridgehead atoms. The molecule has 0 amide bonds. The summed E-state index contributed by atoms with van der Waals surface area (Å²) in [7, 11) is -0.504. The molecule has 0 spiro atoms. The summed E-state index contributed by atoms with van der Waals surface area (Å²) < 4.78 is 28.1. The fraction of sp³-hybridized carbons (Fsp3) is 0.167. The standard InChI is InChI=1S/C12H13ClN4O2S/c1-17(2)7-16-20(18,19)11-6-8(14)5-10-9(11)3-4-15-12(10)13/h3-7H,14H2,1-2H3/b16-7+. The van der Waals surface area contributed by atoms with E-state index in [1.807, 2.05) is 0 Å². The van der Waals surface area contributed by atoms with Gasteiger partial charge in [0, 0.05) is 36.8 Å². The lowest BCUT2D eigenvalue weighted by Gasteiger charge is -2.08. The first-order valence-electron chi connectivity index (χ1n) is 5.62. The van der Waals surface area contributed by atoms with Crippen LogP contribution in [0.2, 0.25) is 5.15 Å². The van der Waals surface area contributed by atoms with Crippen molar-refractivity contribution in [2.45, 2.75) is 4.90 Å². The number of anilines is 1. The van der Waals surface area contributed by atoms with E-state index in [1.165, 1.54) is 23.5 Å². The predicted octanol–water partition coefficient (Wildman–Crippen LogP) is 1.75. The maximum atomic E-state index is 12.3. The number of fused-ring (bicyclic) bond motifs is 1. The van der Waals surface area contributed by atoms with Crippen LogP contribution in [0.5, 0.6) is 0 Å². The normalized spacial score (nSPS) is 12.2. The Balaban J connectivity index is 2.75. The zero-order valence-electron chi connectivity index (χ0n) is 10.9. The molecular weight excluding hydrogens is 300 g/mol. The van der Waals surface area contributed by atoms with Gasteiger partial charge in [-0.2, -0.15) is 8.42 Å². The number of nitrogens with zero attached hydrogens (tertiary/aromatic N) is 3. The molecule has 2 N–H and O–H groups in total. The molecule has 1 aromatic carbocycles. The SMILES string of the molecule is CN(C)/C=N/S(=O)(=O)c1cc(N)cc2c(Cl)nccc12. The van der Waals surface area contributed by atoms with Crippen LogP contribution in [0.3, 0.4) is 0 Å². The van der Waals surface area contributed by atoms with Gasteiger partial charge in [-0.3, -0.25) is 0 Å². The Kier molecular flexibility index (Phi) is 3.82. The molecule has 2 aromatic rings. The molecule has 0 saturated heterocycles. The minimum Gasteiger partial charge on any atom is -0.399 e. The van der Waals surface area contributed by atoms with Gasteiger partial charge in [0.15, 0.2) is 0 Å². The fourth-order valence-electron chi connectivity index (χ4n) is 1.66. The Morgan fingerprint density at radius 1 is 1.35 bits per heavy atom. The van der Waals surface area contributed by atoms with E-state index >= 15 is 0 Å². The Hall–Kier alpha value is -1.86. The Morgan fingerprint density at radius 3 is 2.70 bits per heavy atom. The average Bonchev–Trinajstić information content (AvgIpc) is 2.37. The van der Waals surface area contributed by atoms with Crippen molar-refractivity contribution in [3.63, 3.8) is 0 Å². The van der Waals surface area contributed by atoms with Gasteiger partial charge in [-0.1, -0.05) is 11.6 Å². The van der Waals surface area contributed by atoms with E-state index in [0.29, 0.717) is 10.8 Å². The molecule has 0 unspecified atom stereocenters. The van der Waals surface area contributed by atoms with Gasteiger partial charge in [-0.15, -0.1) is 4.40 Å². The van der Waals surface area contributed by atoms with Crippen LogP contribution in [0.4, 0.5) is 5.69 Å². The molecule has 8 heteroatoms. The van der Waals surface area contributed by atoms with Crippen LogP contribution in [-0.4, -0.2) is 38.7 Å². The number of sulfonamides is 1. The van der Waals surface area contributed by atoms with Crippen LogP contribution in [0.15, 0.2) is 33.7 Å². The lowest BCUT2D eigenvalue weighted by atomic mass is 10.1. The molecule has 0 aliphatic carbocycles. The predicted molar refractivity (Wildman–Crippen MR) is 80.5 cm³/mol. The average molecular weight is 313 g/mol. The fourth-order valence-corrected chi connectivity index (χ4v) is 3.04. The van der Waals surface area contributed by atoms with Gasteiger partial charge >= 0.3 is 0 Å². The summed E-state index contributed by atoms with van der Waals surface area (Å²) in [6.07, 6.45) is 2.66. The summed E-state index contributed by atoms with van der Waals surface area (Å²) in [5, 5.41) is 1.12. The van der Waals surface area contributed by atoms with Gasteiger partial charge in [0.25, 0.3) is 10.0 Å². The first-order valence-corrected chi connectivity index (χ1v) is 7.44. The largest absolute Gasteiger partial charge is 0.399 e. The third-order valence-electron chi connectivity index (χ3n) is 2.51. The second-order valence-electron chi connectivity index (χ2n) is 4.38. The van der Waals surface area contributed by atoms with Crippen molar-refractivity contribution in [3.8, 4) is 0 Å². The minimum absolute atomic E-state index is 0.00917. The summed E-state index contributed by atoms with van der Waals surface area (Å²) in [6.45, 7) is 0. The zero-order chi connectivity index (χ0) is 14.9. The smallest absolute Gasteiger partial charge is 0.284 e. The number of nitrogen functional groups attached to an aromatic ring is 1. The number of benzene rings is 1. The number of hydrogen-bond acceptors (Lipinski definition) is 4. The summed E-state index contributed by atoms with van der Waals surface area (Å²) in [5.74, 6) is 0. The zero-order valence-corrected chi connectivity index (χ0v) is 12.5. The Morgan fingerprint density at radius 2 is 2.05 bits per heavy atom. The summed E-state index contributed by atoms with van der Waals surface area (Å²) in [5.41, 5.74) is 6.02.